The lowest BCUT2D eigenvalue weighted by Crippen LogP contribution is -2.25. The lowest BCUT2D eigenvalue weighted by molar-refractivity contribution is 0.431. The maximum Gasteiger partial charge on any atom is 0.243 e. The highest BCUT2D eigenvalue weighted by atomic mass is 35.5. The molecule has 2 aromatic rings. The van der Waals surface area contributed by atoms with Crippen LogP contribution >= 0.6 is 11.6 Å². The second-order valence-corrected chi connectivity index (χ2v) is 6.38. The normalized spacial score (nSPS) is 11.7. The Labute approximate surface area is 128 Å². The summed E-state index contributed by atoms with van der Waals surface area (Å²) in [6.45, 7) is -0.375. The summed E-state index contributed by atoms with van der Waals surface area (Å²) in [5.74, 6) is -5.82. The van der Waals surface area contributed by atoms with Crippen molar-refractivity contribution in [2.24, 2.45) is 0 Å². The van der Waals surface area contributed by atoms with Crippen molar-refractivity contribution in [3.63, 3.8) is 0 Å². The molecule has 0 aliphatic rings. The predicted molar refractivity (Wildman–Crippen MR) is 71.8 cm³/mol. The minimum atomic E-state index is -4.44. The molecule has 9 heteroatoms. The van der Waals surface area contributed by atoms with E-state index in [0.29, 0.717) is 12.1 Å². The first-order valence-corrected chi connectivity index (χ1v) is 7.65. The van der Waals surface area contributed by atoms with Gasteiger partial charge in [0.25, 0.3) is 0 Å². The van der Waals surface area contributed by atoms with Crippen molar-refractivity contribution in [2.75, 3.05) is 0 Å². The van der Waals surface area contributed by atoms with Gasteiger partial charge in [-0.25, -0.2) is 30.7 Å². The second kappa shape index (κ2) is 6.23. The molecule has 0 atom stereocenters. The SMILES string of the molecule is O=S(=O)(NCc1ccc(F)cc1Cl)c1ccc(F)c(F)c1F. The Morgan fingerprint density at radius 1 is 1.00 bits per heavy atom. The van der Waals surface area contributed by atoms with Crippen molar-refractivity contribution in [3.05, 3.63) is 64.2 Å². The Balaban J connectivity index is 2.27. The Morgan fingerprint density at radius 2 is 1.68 bits per heavy atom. The first-order valence-electron chi connectivity index (χ1n) is 5.79. The van der Waals surface area contributed by atoms with Crippen LogP contribution in [0.4, 0.5) is 17.6 Å². The van der Waals surface area contributed by atoms with Crippen molar-refractivity contribution in [1.82, 2.24) is 4.72 Å². The van der Waals surface area contributed by atoms with E-state index in [2.05, 4.69) is 0 Å². The van der Waals surface area contributed by atoms with E-state index in [4.69, 9.17) is 11.6 Å². The highest BCUT2D eigenvalue weighted by molar-refractivity contribution is 7.89. The second-order valence-electron chi connectivity index (χ2n) is 4.23. The predicted octanol–water partition coefficient (Wildman–Crippen LogP) is 3.37. The largest absolute Gasteiger partial charge is 0.243 e. The van der Waals surface area contributed by atoms with Crippen LogP contribution in [0.2, 0.25) is 5.02 Å². The lowest BCUT2D eigenvalue weighted by atomic mass is 10.2. The molecule has 0 aliphatic heterocycles. The molecule has 3 nitrogen and oxygen atoms in total. The van der Waals surface area contributed by atoms with Gasteiger partial charge in [0, 0.05) is 11.6 Å². The molecule has 0 saturated carbocycles. The van der Waals surface area contributed by atoms with Gasteiger partial charge in [0.15, 0.2) is 17.5 Å². The van der Waals surface area contributed by atoms with Crippen molar-refractivity contribution in [2.45, 2.75) is 11.4 Å². The molecule has 0 amide bonds. The first-order chi connectivity index (χ1) is 10.2. The molecule has 0 aliphatic carbocycles. The van der Waals surface area contributed by atoms with Crippen LogP contribution in [0.15, 0.2) is 35.2 Å². The van der Waals surface area contributed by atoms with Crippen LogP contribution < -0.4 is 4.72 Å². The van der Waals surface area contributed by atoms with E-state index in [0.717, 1.165) is 12.1 Å². The summed E-state index contributed by atoms with van der Waals surface area (Å²) >= 11 is 5.72. The van der Waals surface area contributed by atoms with Crippen LogP contribution in [0.1, 0.15) is 5.56 Å². The molecule has 0 radical (unpaired) electrons. The first kappa shape index (κ1) is 16.7. The molecule has 0 unspecified atom stereocenters. The minimum Gasteiger partial charge on any atom is -0.207 e. The zero-order valence-electron chi connectivity index (χ0n) is 10.7. The Kier molecular flexibility index (Phi) is 4.74. The topological polar surface area (TPSA) is 46.2 Å². The van der Waals surface area contributed by atoms with Gasteiger partial charge < -0.3 is 0 Å². The molecule has 118 valence electrons. The number of sulfonamides is 1. The third-order valence-corrected chi connectivity index (χ3v) is 4.53. The van der Waals surface area contributed by atoms with Crippen LogP contribution in [-0.2, 0) is 16.6 Å². The van der Waals surface area contributed by atoms with Gasteiger partial charge in [0.05, 0.1) is 0 Å². The zero-order valence-corrected chi connectivity index (χ0v) is 12.3. The fourth-order valence-electron chi connectivity index (χ4n) is 1.63. The molecule has 0 heterocycles. The number of nitrogens with one attached hydrogen (secondary N) is 1. The molecule has 0 fully saturated rings. The zero-order chi connectivity index (χ0) is 16.5. The summed E-state index contributed by atoms with van der Waals surface area (Å²) in [5.41, 5.74) is 0.231. The third-order valence-electron chi connectivity index (χ3n) is 2.76. The van der Waals surface area contributed by atoms with Crippen molar-refractivity contribution in [1.29, 1.82) is 0 Å². The Bertz CT molecular complexity index is 827. The van der Waals surface area contributed by atoms with Gasteiger partial charge in [-0.15, -0.1) is 0 Å². The summed E-state index contributed by atoms with van der Waals surface area (Å²) in [6.07, 6.45) is 0. The molecule has 0 bridgehead atoms. The Hall–Kier alpha value is -1.64. The van der Waals surface area contributed by atoms with Gasteiger partial charge in [0.1, 0.15) is 10.7 Å². The highest BCUT2D eigenvalue weighted by Crippen LogP contribution is 2.21. The highest BCUT2D eigenvalue weighted by Gasteiger charge is 2.24. The summed E-state index contributed by atoms with van der Waals surface area (Å²) < 4.78 is 78.1. The van der Waals surface area contributed by atoms with Gasteiger partial charge >= 0.3 is 0 Å². The number of hydrogen-bond donors (Lipinski definition) is 1. The van der Waals surface area contributed by atoms with Gasteiger partial charge in [0.2, 0.25) is 10.0 Å². The van der Waals surface area contributed by atoms with E-state index in [9.17, 15) is 26.0 Å². The summed E-state index contributed by atoms with van der Waals surface area (Å²) in [7, 11) is -4.44. The number of hydrogen-bond acceptors (Lipinski definition) is 2. The van der Waals surface area contributed by atoms with Crippen LogP contribution in [0.5, 0.6) is 0 Å². The van der Waals surface area contributed by atoms with Gasteiger partial charge in [-0.1, -0.05) is 17.7 Å². The number of halogens is 5. The molecule has 0 spiro atoms. The summed E-state index contributed by atoms with van der Waals surface area (Å²) in [6, 6.07) is 4.37. The van der Waals surface area contributed by atoms with Crippen LogP contribution in [0.3, 0.4) is 0 Å². The van der Waals surface area contributed by atoms with E-state index in [1.165, 1.54) is 6.07 Å². The van der Waals surface area contributed by atoms with Crippen molar-refractivity contribution >= 4 is 21.6 Å². The molecular formula is C13H8ClF4NO2S. The molecule has 0 saturated heterocycles. The van der Waals surface area contributed by atoms with Crippen LogP contribution in [0.25, 0.3) is 0 Å². The molecule has 22 heavy (non-hydrogen) atoms. The third kappa shape index (κ3) is 3.40. The smallest absolute Gasteiger partial charge is 0.207 e. The maximum atomic E-state index is 13.5. The standard InChI is InChI=1S/C13H8ClF4NO2S/c14-9-5-8(15)2-1-7(9)6-19-22(20,21)11-4-3-10(16)12(17)13(11)18/h1-5,19H,6H2. The van der Waals surface area contributed by atoms with Crippen molar-refractivity contribution in [3.8, 4) is 0 Å². The van der Waals surface area contributed by atoms with Crippen molar-refractivity contribution < 1.29 is 26.0 Å². The van der Waals surface area contributed by atoms with E-state index in [1.54, 1.807) is 0 Å². The average molecular weight is 354 g/mol. The van der Waals surface area contributed by atoms with E-state index in [1.807, 2.05) is 4.72 Å². The molecule has 2 aromatic carbocycles. The lowest BCUT2D eigenvalue weighted by Gasteiger charge is -2.09. The van der Waals surface area contributed by atoms with Gasteiger partial charge in [-0.2, -0.15) is 0 Å². The maximum absolute atomic E-state index is 13.5. The quantitative estimate of drug-likeness (QED) is 0.676. The van der Waals surface area contributed by atoms with E-state index in [-0.39, 0.29) is 17.1 Å². The summed E-state index contributed by atoms with van der Waals surface area (Å²) in [4.78, 5) is -1.04. The Morgan fingerprint density at radius 3 is 2.32 bits per heavy atom. The number of rotatable bonds is 4. The van der Waals surface area contributed by atoms with Crippen LogP contribution in [0, 0.1) is 23.3 Å². The minimum absolute atomic E-state index is 0.0338. The summed E-state index contributed by atoms with van der Waals surface area (Å²) in [5, 5.41) is -0.0338. The van der Waals surface area contributed by atoms with Gasteiger partial charge in [-0.3, -0.25) is 0 Å². The fraction of sp³-hybridized carbons (Fsp3) is 0.0769. The molecule has 2 rings (SSSR count). The van der Waals surface area contributed by atoms with E-state index < -0.39 is 38.2 Å². The van der Waals surface area contributed by atoms with Crippen LogP contribution in [-0.4, -0.2) is 8.42 Å². The fourth-order valence-corrected chi connectivity index (χ4v) is 2.94. The van der Waals surface area contributed by atoms with E-state index >= 15 is 0 Å². The van der Waals surface area contributed by atoms with Gasteiger partial charge in [-0.05, 0) is 29.8 Å². The monoisotopic (exact) mass is 353 g/mol. The average Bonchev–Trinajstić information content (AvgIpc) is 2.43. The molecular weight excluding hydrogens is 346 g/mol. The molecule has 1 N–H and O–H groups in total. The number of benzene rings is 2. The molecule has 0 aromatic heterocycles.